The molecule has 1 aliphatic rings. The van der Waals surface area contributed by atoms with Crippen LogP contribution in [0.2, 0.25) is 0 Å². The first-order chi connectivity index (χ1) is 13.4. The number of anilines is 3. The quantitative estimate of drug-likeness (QED) is 0.628. The number of nitrogens with one attached hydrogen (secondary N) is 2. The van der Waals surface area contributed by atoms with Gasteiger partial charge >= 0.3 is 0 Å². The molecule has 0 spiro atoms. The van der Waals surface area contributed by atoms with Crippen molar-refractivity contribution in [2.45, 2.75) is 32.9 Å². The maximum Gasteiger partial charge on any atom is 0.299 e. The molecule has 1 heterocycles. The smallest absolute Gasteiger partial charge is 0.299 e. The molecule has 0 saturated heterocycles. The molecule has 0 bridgehead atoms. The highest BCUT2D eigenvalue weighted by atomic mass is 32.2. The summed E-state index contributed by atoms with van der Waals surface area (Å²) < 4.78 is 34.6. The second kappa shape index (κ2) is 8.91. The Morgan fingerprint density at radius 3 is 2.54 bits per heavy atom. The van der Waals surface area contributed by atoms with E-state index in [1.165, 1.54) is 0 Å². The van der Waals surface area contributed by atoms with Crippen LogP contribution in [0.3, 0.4) is 0 Å². The predicted molar refractivity (Wildman–Crippen MR) is 111 cm³/mol. The molecule has 1 aliphatic heterocycles. The number of aliphatic hydroxyl groups is 1. The minimum absolute atomic E-state index is 0.150. The average Bonchev–Trinajstić information content (AvgIpc) is 2.82. The maximum absolute atomic E-state index is 12.1. The van der Waals surface area contributed by atoms with Gasteiger partial charge in [-0.3, -0.25) is 4.72 Å². The van der Waals surface area contributed by atoms with E-state index in [1.807, 2.05) is 36.1 Å². The lowest BCUT2D eigenvalue weighted by Crippen LogP contribution is -2.36. The number of fused-ring (bicyclic) bond motifs is 2. The summed E-state index contributed by atoms with van der Waals surface area (Å²) in [6.07, 6.45) is 0.743. The Bertz CT molecular complexity index is 917. The van der Waals surface area contributed by atoms with Crippen LogP contribution in [0, 0.1) is 0 Å². The van der Waals surface area contributed by atoms with Crippen LogP contribution in [-0.4, -0.2) is 39.5 Å². The third-order valence-corrected chi connectivity index (χ3v) is 5.79. The van der Waals surface area contributed by atoms with Gasteiger partial charge in [0.1, 0.15) is 0 Å². The van der Waals surface area contributed by atoms with Crippen molar-refractivity contribution in [2.75, 3.05) is 29.4 Å². The Kier molecular flexibility index (Phi) is 6.56. The third-order valence-electron chi connectivity index (χ3n) is 4.62. The average molecular weight is 406 g/mol. The molecule has 0 amide bonds. The van der Waals surface area contributed by atoms with E-state index < -0.39 is 16.4 Å². The van der Waals surface area contributed by atoms with E-state index in [0.29, 0.717) is 18.8 Å². The maximum atomic E-state index is 12.1. The summed E-state index contributed by atoms with van der Waals surface area (Å²) in [5, 5.41) is 10.9. The second-order valence-corrected chi connectivity index (χ2v) is 8.09. The van der Waals surface area contributed by atoms with Crippen LogP contribution in [0.15, 0.2) is 42.5 Å². The van der Waals surface area contributed by atoms with Crippen LogP contribution in [0.25, 0.3) is 0 Å². The van der Waals surface area contributed by atoms with E-state index in [-0.39, 0.29) is 6.61 Å². The number of benzene rings is 2. The lowest BCUT2D eigenvalue weighted by atomic mass is 10.0. The first kappa shape index (κ1) is 20.6. The van der Waals surface area contributed by atoms with Crippen LogP contribution in [-0.2, 0) is 27.8 Å². The zero-order valence-corrected chi connectivity index (χ0v) is 17.0. The van der Waals surface area contributed by atoms with Gasteiger partial charge in [0, 0.05) is 24.5 Å². The Balaban J connectivity index is 2.04. The highest BCUT2D eigenvalue weighted by molar-refractivity contribution is 7.90. The molecule has 7 nitrogen and oxygen atoms in total. The predicted octanol–water partition coefficient (Wildman–Crippen LogP) is 2.54. The van der Waals surface area contributed by atoms with Gasteiger partial charge in [0.05, 0.1) is 12.3 Å². The van der Waals surface area contributed by atoms with Gasteiger partial charge in [0.2, 0.25) is 0 Å². The fourth-order valence-corrected chi connectivity index (χ4v) is 4.31. The zero-order valence-electron chi connectivity index (χ0n) is 16.2. The van der Waals surface area contributed by atoms with Gasteiger partial charge in [-0.25, -0.2) is 0 Å². The summed E-state index contributed by atoms with van der Waals surface area (Å²) in [5.74, 6) is 0. The second-order valence-electron chi connectivity index (χ2n) is 6.59. The van der Waals surface area contributed by atoms with Crippen molar-refractivity contribution >= 4 is 27.3 Å². The van der Waals surface area contributed by atoms with E-state index in [9.17, 15) is 13.5 Å². The standard InChI is InChI=1S/C20H27N3O4S/c1-3-21-28(25,26)22-17-12-11-16-10-9-15-7-5-6-8-18(15)23(19(16)13-17)20(24)14-27-4-2/h5-8,11-13,20-22,24H,3-4,9-10,14H2,1-2H3. The van der Waals surface area contributed by atoms with E-state index in [0.717, 1.165) is 35.3 Å². The molecule has 0 radical (unpaired) electrons. The summed E-state index contributed by atoms with van der Waals surface area (Å²) in [4.78, 5) is 1.83. The molecule has 8 heteroatoms. The molecule has 0 saturated carbocycles. The summed E-state index contributed by atoms with van der Waals surface area (Å²) >= 11 is 0. The summed E-state index contributed by atoms with van der Waals surface area (Å²) in [6.45, 7) is 4.55. The molecule has 0 fully saturated rings. The molecule has 2 aromatic carbocycles. The SMILES string of the molecule is CCNS(=O)(=O)Nc1ccc2c(c1)N(C(O)COCC)c1ccccc1CC2. The first-order valence-electron chi connectivity index (χ1n) is 9.48. The molecule has 3 rings (SSSR count). The van der Waals surface area contributed by atoms with Crippen LogP contribution < -0.4 is 14.3 Å². The van der Waals surface area contributed by atoms with Gasteiger partial charge in [0.15, 0.2) is 6.23 Å². The van der Waals surface area contributed by atoms with Crippen LogP contribution in [0.4, 0.5) is 17.1 Å². The largest absolute Gasteiger partial charge is 0.377 e. The van der Waals surface area contributed by atoms with E-state index in [4.69, 9.17) is 4.74 Å². The fourth-order valence-electron chi connectivity index (χ4n) is 3.42. The summed E-state index contributed by atoms with van der Waals surface area (Å²) in [6, 6.07) is 13.4. The molecular formula is C20H27N3O4S. The van der Waals surface area contributed by atoms with E-state index in [2.05, 4.69) is 15.5 Å². The number of aryl methyl sites for hydroxylation is 2. The van der Waals surface area contributed by atoms with Gasteiger partial charge in [0.25, 0.3) is 10.2 Å². The monoisotopic (exact) mass is 405 g/mol. The minimum atomic E-state index is -3.64. The van der Waals surface area contributed by atoms with Crippen molar-refractivity contribution in [3.05, 3.63) is 53.6 Å². The van der Waals surface area contributed by atoms with E-state index in [1.54, 1.807) is 19.1 Å². The number of rotatable bonds is 8. The Morgan fingerprint density at radius 1 is 1.11 bits per heavy atom. The van der Waals surface area contributed by atoms with Gasteiger partial charge in [-0.15, -0.1) is 0 Å². The molecular weight excluding hydrogens is 378 g/mol. The van der Waals surface area contributed by atoms with Crippen molar-refractivity contribution in [1.82, 2.24) is 4.72 Å². The number of hydrogen-bond acceptors (Lipinski definition) is 5. The lowest BCUT2D eigenvalue weighted by Gasteiger charge is -2.32. The summed E-state index contributed by atoms with van der Waals surface area (Å²) in [5.41, 5.74) is 4.28. The highest BCUT2D eigenvalue weighted by Gasteiger charge is 2.26. The molecule has 0 aromatic heterocycles. The normalized spacial score (nSPS) is 14.8. The van der Waals surface area contributed by atoms with Crippen LogP contribution in [0.1, 0.15) is 25.0 Å². The summed E-state index contributed by atoms with van der Waals surface area (Å²) in [7, 11) is -3.64. The van der Waals surface area contributed by atoms with Gasteiger partial charge in [-0.1, -0.05) is 31.2 Å². The fraction of sp³-hybridized carbons (Fsp3) is 0.400. The van der Waals surface area contributed by atoms with Crippen molar-refractivity contribution in [3.8, 4) is 0 Å². The Morgan fingerprint density at radius 2 is 1.82 bits per heavy atom. The number of hydrogen-bond donors (Lipinski definition) is 3. The molecule has 0 aliphatic carbocycles. The minimum Gasteiger partial charge on any atom is -0.377 e. The van der Waals surface area contributed by atoms with Crippen molar-refractivity contribution in [1.29, 1.82) is 0 Å². The number of nitrogens with zero attached hydrogens (tertiary/aromatic N) is 1. The molecule has 3 N–H and O–H groups in total. The van der Waals surface area contributed by atoms with Crippen molar-refractivity contribution in [2.24, 2.45) is 0 Å². The Labute approximate surface area is 166 Å². The van der Waals surface area contributed by atoms with Crippen molar-refractivity contribution in [3.63, 3.8) is 0 Å². The van der Waals surface area contributed by atoms with Crippen molar-refractivity contribution < 1.29 is 18.3 Å². The topological polar surface area (TPSA) is 90.9 Å². The third kappa shape index (κ3) is 4.64. The zero-order chi connectivity index (χ0) is 20.1. The number of aliphatic hydroxyl groups excluding tert-OH is 1. The highest BCUT2D eigenvalue weighted by Crippen LogP contribution is 2.38. The molecule has 2 aromatic rings. The molecule has 1 unspecified atom stereocenters. The molecule has 1 atom stereocenters. The number of para-hydroxylation sites is 1. The van der Waals surface area contributed by atoms with Crippen LogP contribution in [0.5, 0.6) is 0 Å². The Hall–Kier alpha value is -2.13. The van der Waals surface area contributed by atoms with E-state index >= 15 is 0 Å². The van der Waals surface area contributed by atoms with Gasteiger partial charge < -0.3 is 14.7 Å². The van der Waals surface area contributed by atoms with Crippen LogP contribution >= 0.6 is 0 Å². The van der Waals surface area contributed by atoms with Gasteiger partial charge in [-0.2, -0.15) is 13.1 Å². The lowest BCUT2D eigenvalue weighted by molar-refractivity contribution is 0.0462. The first-order valence-corrected chi connectivity index (χ1v) is 11.0. The van der Waals surface area contributed by atoms with Gasteiger partial charge in [-0.05, 0) is 49.1 Å². The number of ether oxygens (including phenoxy) is 1. The molecule has 152 valence electrons. The molecule has 28 heavy (non-hydrogen) atoms.